The number of nitriles is 1. The van der Waals surface area contributed by atoms with Crippen molar-refractivity contribution in [1.82, 2.24) is 0 Å². The average molecular weight is 219 g/mol. The number of hydrogen-bond acceptors (Lipinski definition) is 2. The normalized spacial score (nSPS) is 11.1. The molecule has 0 aliphatic heterocycles. The highest BCUT2D eigenvalue weighted by molar-refractivity contribution is 7.99. The Labute approximate surface area is 96.5 Å². The quantitative estimate of drug-likeness (QED) is 0.717. The fourth-order valence-electron chi connectivity index (χ4n) is 1.42. The highest BCUT2D eigenvalue weighted by atomic mass is 32.2. The highest BCUT2D eigenvalue weighted by Gasteiger charge is 2.16. The number of benzene rings is 1. The van der Waals surface area contributed by atoms with Gasteiger partial charge in [-0.05, 0) is 43.7 Å². The van der Waals surface area contributed by atoms with Crippen molar-refractivity contribution in [3.8, 4) is 6.07 Å². The first-order valence-corrected chi connectivity index (χ1v) is 6.19. The van der Waals surface area contributed by atoms with Crippen molar-refractivity contribution in [3.05, 3.63) is 29.8 Å². The zero-order chi connectivity index (χ0) is 11.3. The van der Waals surface area contributed by atoms with E-state index in [1.54, 1.807) is 0 Å². The van der Waals surface area contributed by atoms with Gasteiger partial charge in [-0.25, -0.2) is 0 Å². The van der Waals surface area contributed by atoms with Crippen LogP contribution < -0.4 is 0 Å². The van der Waals surface area contributed by atoms with E-state index in [0.717, 1.165) is 12.2 Å². The summed E-state index contributed by atoms with van der Waals surface area (Å²) in [6, 6.07) is 10.8. The number of nitrogens with zero attached hydrogens (tertiary/aromatic N) is 1. The van der Waals surface area contributed by atoms with Crippen LogP contribution in [0.4, 0.5) is 0 Å². The SMILES string of the molecule is CCSc1ccc(CC(C)(C)C#N)cc1. The Bertz CT molecular complexity index is 346. The van der Waals surface area contributed by atoms with Gasteiger partial charge in [0, 0.05) is 4.90 Å². The molecule has 1 aromatic carbocycles. The maximum atomic E-state index is 8.94. The molecule has 0 N–H and O–H groups in total. The molecule has 0 aliphatic carbocycles. The zero-order valence-electron chi connectivity index (χ0n) is 9.58. The first-order valence-electron chi connectivity index (χ1n) is 5.20. The number of thioether (sulfide) groups is 1. The average Bonchev–Trinajstić information content (AvgIpc) is 2.21. The Balaban J connectivity index is 2.69. The molecule has 0 fully saturated rings. The van der Waals surface area contributed by atoms with E-state index in [2.05, 4.69) is 37.3 Å². The summed E-state index contributed by atoms with van der Waals surface area (Å²) in [5.74, 6) is 1.10. The maximum Gasteiger partial charge on any atom is 0.0687 e. The van der Waals surface area contributed by atoms with E-state index in [0.29, 0.717) is 0 Å². The molecule has 0 heterocycles. The molecule has 0 radical (unpaired) electrons. The van der Waals surface area contributed by atoms with Crippen molar-refractivity contribution in [2.45, 2.75) is 32.1 Å². The lowest BCUT2D eigenvalue weighted by molar-refractivity contribution is 0.493. The van der Waals surface area contributed by atoms with Crippen molar-refractivity contribution < 1.29 is 0 Å². The summed E-state index contributed by atoms with van der Waals surface area (Å²) in [5.41, 5.74) is 0.973. The summed E-state index contributed by atoms with van der Waals surface area (Å²) >= 11 is 1.84. The van der Waals surface area contributed by atoms with E-state index in [1.807, 2.05) is 25.6 Å². The van der Waals surface area contributed by atoms with Crippen molar-refractivity contribution in [2.75, 3.05) is 5.75 Å². The van der Waals surface area contributed by atoms with Crippen LogP contribution in [0.3, 0.4) is 0 Å². The largest absolute Gasteiger partial charge is 0.198 e. The molecule has 0 amide bonds. The summed E-state index contributed by atoms with van der Waals surface area (Å²) in [7, 11) is 0. The van der Waals surface area contributed by atoms with Gasteiger partial charge in [0.25, 0.3) is 0 Å². The Morgan fingerprint density at radius 2 is 1.87 bits per heavy atom. The lowest BCUT2D eigenvalue weighted by Crippen LogP contribution is -2.11. The van der Waals surface area contributed by atoms with Crippen molar-refractivity contribution in [3.63, 3.8) is 0 Å². The third kappa shape index (κ3) is 3.97. The third-order valence-corrected chi connectivity index (χ3v) is 3.08. The second kappa shape index (κ2) is 5.23. The van der Waals surface area contributed by atoms with Crippen molar-refractivity contribution in [2.24, 2.45) is 5.41 Å². The van der Waals surface area contributed by atoms with E-state index in [-0.39, 0.29) is 5.41 Å². The number of hydrogen-bond donors (Lipinski definition) is 0. The predicted octanol–water partition coefficient (Wildman–Crippen LogP) is 3.89. The lowest BCUT2D eigenvalue weighted by Gasteiger charge is -2.14. The van der Waals surface area contributed by atoms with Gasteiger partial charge in [-0.2, -0.15) is 5.26 Å². The second-order valence-corrected chi connectivity index (χ2v) is 5.59. The first-order chi connectivity index (χ1) is 7.07. The van der Waals surface area contributed by atoms with Gasteiger partial charge >= 0.3 is 0 Å². The van der Waals surface area contributed by atoms with Gasteiger partial charge in [0.05, 0.1) is 11.5 Å². The van der Waals surface area contributed by atoms with Crippen molar-refractivity contribution in [1.29, 1.82) is 5.26 Å². The van der Waals surface area contributed by atoms with Gasteiger partial charge in [-0.1, -0.05) is 19.1 Å². The Morgan fingerprint density at radius 1 is 1.27 bits per heavy atom. The van der Waals surface area contributed by atoms with Gasteiger partial charge in [-0.3, -0.25) is 0 Å². The minimum Gasteiger partial charge on any atom is -0.198 e. The molecule has 1 nitrogen and oxygen atoms in total. The molecule has 1 rings (SSSR count). The topological polar surface area (TPSA) is 23.8 Å². The minimum absolute atomic E-state index is 0.264. The van der Waals surface area contributed by atoms with Crippen LogP contribution in [0.1, 0.15) is 26.3 Å². The fourth-order valence-corrected chi connectivity index (χ4v) is 2.08. The molecule has 0 spiro atoms. The highest BCUT2D eigenvalue weighted by Crippen LogP contribution is 2.23. The van der Waals surface area contributed by atoms with Crippen LogP contribution in [0.15, 0.2) is 29.2 Å². The third-order valence-electron chi connectivity index (χ3n) is 2.18. The van der Waals surface area contributed by atoms with Crippen LogP contribution in [0.2, 0.25) is 0 Å². The first kappa shape index (κ1) is 12.1. The monoisotopic (exact) mass is 219 g/mol. The molecule has 0 aromatic heterocycles. The molecule has 0 saturated heterocycles. The van der Waals surface area contributed by atoms with Gasteiger partial charge < -0.3 is 0 Å². The van der Waals surface area contributed by atoms with E-state index in [9.17, 15) is 0 Å². The summed E-state index contributed by atoms with van der Waals surface area (Å²) in [5, 5.41) is 8.94. The molecule has 2 heteroatoms. The molecule has 0 unspecified atom stereocenters. The smallest absolute Gasteiger partial charge is 0.0687 e. The second-order valence-electron chi connectivity index (χ2n) is 4.25. The van der Waals surface area contributed by atoms with Gasteiger partial charge in [0.1, 0.15) is 0 Å². The molecule has 0 saturated carbocycles. The molecule has 80 valence electrons. The zero-order valence-corrected chi connectivity index (χ0v) is 10.4. The Hall–Kier alpha value is -0.940. The molecular weight excluding hydrogens is 202 g/mol. The minimum atomic E-state index is -0.264. The molecule has 0 atom stereocenters. The maximum absolute atomic E-state index is 8.94. The Kier molecular flexibility index (Phi) is 4.23. The van der Waals surface area contributed by atoms with Crippen molar-refractivity contribution >= 4 is 11.8 Å². The predicted molar refractivity (Wildman–Crippen MR) is 65.9 cm³/mol. The van der Waals surface area contributed by atoms with Crippen LogP contribution >= 0.6 is 11.8 Å². The van der Waals surface area contributed by atoms with Gasteiger partial charge in [-0.15, -0.1) is 11.8 Å². The lowest BCUT2D eigenvalue weighted by atomic mass is 9.87. The van der Waals surface area contributed by atoms with E-state index >= 15 is 0 Å². The van der Waals surface area contributed by atoms with Crippen LogP contribution in [0.5, 0.6) is 0 Å². The Morgan fingerprint density at radius 3 is 2.33 bits per heavy atom. The van der Waals surface area contributed by atoms with E-state index < -0.39 is 0 Å². The van der Waals surface area contributed by atoms with Crippen LogP contribution in [-0.2, 0) is 6.42 Å². The molecule has 15 heavy (non-hydrogen) atoms. The van der Waals surface area contributed by atoms with Gasteiger partial charge in [0.15, 0.2) is 0 Å². The molecular formula is C13H17NS. The van der Waals surface area contributed by atoms with Crippen LogP contribution in [0, 0.1) is 16.7 Å². The summed E-state index contributed by atoms with van der Waals surface area (Å²) < 4.78 is 0. The standard InChI is InChI=1S/C13H17NS/c1-4-15-12-7-5-11(6-8-12)9-13(2,3)10-14/h5-8H,4,9H2,1-3H3. The summed E-state index contributed by atoms with van der Waals surface area (Å²) in [6.07, 6.45) is 0.820. The van der Waals surface area contributed by atoms with E-state index in [4.69, 9.17) is 5.26 Å². The molecule has 0 aliphatic rings. The molecule has 1 aromatic rings. The fraction of sp³-hybridized carbons (Fsp3) is 0.462. The van der Waals surface area contributed by atoms with Gasteiger partial charge in [0.2, 0.25) is 0 Å². The van der Waals surface area contributed by atoms with E-state index in [1.165, 1.54) is 10.5 Å². The van der Waals surface area contributed by atoms with Crippen LogP contribution in [0.25, 0.3) is 0 Å². The summed E-state index contributed by atoms with van der Waals surface area (Å²) in [4.78, 5) is 1.30. The molecule has 0 bridgehead atoms. The van der Waals surface area contributed by atoms with Crippen LogP contribution in [-0.4, -0.2) is 5.75 Å². The summed E-state index contributed by atoms with van der Waals surface area (Å²) in [6.45, 7) is 6.10. The number of rotatable bonds is 4.